The summed E-state index contributed by atoms with van der Waals surface area (Å²) in [4.78, 5) is 12.4. The van der Waals surface area contributed by atoms with Crippen LogP contribution >= 0.6 is 0 Å². The fourth-order valence-corrected chi connectivity index (χ4v) is 3.88. The summed E-state index contributed by atoms with van der Waals surface area (Å²) in [5, 5.41) is 0. The van der Waals surface area contributed by atoms with Crippen LogP contribution in [0.5, 0.6) is 0 Å². The lowest BCUT2D eigenvalue weighted by Gasteiger charge is -2.30. The van der Waals surface area contributed by atoms with Crippen molar-refractivity contribution in [3.8, 4) is 0 Å². The van der Waals surface area contributed by atoms with Crippen molar-refractivity contribution >= 4 is 16.1 Å². The van der Waals surface area contributed by atoms with Gasteiger partial charge < -0.3 is 4.74 Å². The molecule has 0 heterocycles. The van der Waals surface area contributed by atoms with Gasteiger partial charge in [0, 0.05) is 0 Å². The van der Waals surface area contributed by atoms with Crippen molar-refractivity contribution in [3.63, 3.8) is 0 Å². The van der Waals surface area contributed by atoms with E-state index >= 15 is 0 Å². The van der Waals surface area contributed by atoms with Crippen molar-refractivity contribution < 1.29 is 22.1 Å². The highest BCUT2D eigenvalue weighted by molar-refractivity contribution is 7.86. The maximum Gasteiger partial charge on any atom is 0.309 e. The minimum Gasteiger partial charge on any atom is -0.460 e. The SMILES string of the molecule is Cc1ccc(S(=O)(=O)OC2CCCC(C(=O)OC(C)(C)C)C2)cc1. The fraction of sp³-hybridized carbons (Fsp3) is 0.611. The van der Waals surface area contributed by atoms with E-state index < -0.39 is 21.8 Å². The van der Waals surface area contributed by atoms with Crippen molar-refractivity contribution in [3.05, 3.63) is 29.8 Å². The minimum absolute atomic E-state index is 0.146. The minimum atomic E-state index is -3.81. The molecule has 2 atom stereocenters. The molecule has 2 rings (SSSR count). The molecule has 24 heavy (non-hydrogen) atoms. The van der Waals surface area contributed by atoms with Crippen LogP contribution in [0.25, 0.3) is 0 Å². The van der Waals surface area contributed by atoms with Crippen molar-refractivity contribution in [1.29, 1.82) is 0 Å². The van der Waals surface area contributed by atoms with Gasteiger partial charge in [-0.25, -0.2) is 0 Å². The van der Waals surface area contributed by atoms with Crippen LogP contribution in [0.1, 0.15) is 52.0 Å². The molecule has 5 nitrogen and oxygen atoms in total. The van der Waals surface area contributed by atoms with Crippen LogP contribution in [-0.2, 0) is 23.8 Å². The van der Waals surface area contributed by atoms with Crippen molar-refractivity contribution in [1.82, 2.24) is 0 Å². The zero-order valence-electron chi connectivity index (χ0n) is 14.7. The number of benzene rings is 1. The van der Waals surface area contributed by atoms with E-state index in [2.05, 4.69) is 0 Å². The fourth-order valence-electron chi connectivity index (χ4n) is 2.77. The highest BCUT2D eigenvalue weighted by Gasteiger charge is 2.33. The molecule has 0 radical (unpaired) electrons. The van der Waals surface area contributed by atoms with Crippen LogP contribution in [-0.4, -0.2) is 26.1 Å². The van der Waals surface area contributed by atoms with Crippen LogP contribution in [0.3, 0.4) is 0 Å². The van der Waals surface area contributed by atoms with Gasteiger partial charge in [-0.15, -0.1) is 0 Å². The van der Waals surface area contributed by atoms with Gasteiger partial charge >= 0.3 is 5.97 Å². The first kappa shape index (κ1) is 18.9. The molecule has 0 bridgehead atoms. The lowest BCUT2D eigenvalue weighted by molar-refractivity contribution is -0.162. The number of aryl methyl sites for hydroxylation is 1. The first-order valence-electron chi connectivity index (χ1n) is 8.30. The number of rotatable bonds is 4. The largest absolute Gasteiger partial charge is 0.460 e. The Bertz CT molecular complexity index is 670. The van der Waals surface area contributed by atoms with E-state index in [0.29, 0.717) is 19.3 Å². The van der Waals surface area contributed by atoms with E-state index in [1.807, 2.05) is 27.7 Å². The predicted octanol–water partition coefficient (Wildman–Crippen LogP) is 3.60. The summed E-state index contributed by atoms with van der Waals surface area (Å²) >= 11 is 0. The third-order valence-electron chi connectivity index (χ3n) is 3.94. The molecule has 0 N–H and O–H groups in total. The van der Waals surface area contributed by atoms with E-state index in [4.69, 9.17) is 8.92 Å². The molecule has 0 spiro atoms. The molecule has 0 saturated heterocycles. The molecule has 1 aromatic carbocycles. The molecule has 1 aliphatic carbocycles. The molecule has 134 valence electrons. The number of carbonyl (C=O) groups excluding carboxylic acids is 1. The van der Waals surface area contributed by atoms with Gasteiger partial charge in [0.25, 0.3) is 10.1 Å². The molecule has 6 heteroatoms. The van der Waals surface area contributed by atoms with E-state index in [-0.39, 0.29) is 16.8 Å². The Kier molecular flexibility index (Phi) is 5.71. The van der Waals surface area contributed by atoms with Crippen LogP contribution < -0.4 is 0 Å². The van der Waals surface area contributed by atoms with Gasteiger partial charge in [-0.2, -0.15) is 8.42 Å². The Morgan fingerprint density at radius 1 is 1.12 bits per heavy atom. The van der Waals surface area contributed by atoms with Crippen LogP contribution in [0, 0.1) is 12.8 Å². The molecular formula is C18H26O5S. The summed E-state index contributed by atoms with van der Waals surface area (Å²) in [5.74, 6) is -0.584. The number of hydrogen-bond donors (Lipinski definition) is 0. The molecule has 0 aliphatic heterocycles. The second-order valence-corrected chi connectivity index (χ2v) is 8.95. The maximum absolute atomic E-state index is 12.4. The van der Waals surface area contributed by atoms with Gasteiger partial charge in [0.2, 0.25) is 0 Å². The number of ether oxygens (including phenoxy) is 1. The molecular weight excluding hydrogens is 328 g/mol. The van der Waals surface area contributed by atoms with Crippen LogP contribution in [0.15, 0.2) is 29.2 Å². The molecule has 1 fully saturated rings. The topological polar surface area (TPSA) is 69.7 Å². The quantitative estimate of drug-likeness (QED) is 0.610. The molecule has 0 aromatic heterocycles. The van der Waals surface area contributed by atoms with Crippen LogP contribution in [0.2, 0.25) is 0 Å². The Labute approximate surface area is 144 Å². The Hall–Kier alpha value is -1.40. The van der Waals surface area contributed by atoms with Gasteiger partial charge in [0.15, 0.2) is 0 Å². The summed E-state index contributed by atoms with van der Waals surface area (Å²) in [5.41, 5.74) is 0.440. The maximum atomic E-state index is 12.4. The van der Waals surface area contributed by atoms with E-state index in [1.165, 1.54) is 0 Å². The van der Waals surface area contributed by atoms with Gasteiger partial charge in [0.1, 0.15) is 5.60 Å². The number of esters is 1. The van der Waals surface area contributed by atoms with Gasteiger partial charge in [-0.1, -0.05) is 17.7 Å². The standard InChI is InChI=1S/C18H26O5S/c1-13-8-10-16(11-9-13)24(20,21)23-15-7-5-6-14(12-15)17(19)22-18(2,3)4/h8-11,14-15H,5-7,12H2,1-4H3. The van der Waals surface area contributed by atoms with Crippen molar-refractivity contribution in [2.45, 2.75) is 70.0 Å². The van der Waals surface area contributed by atoms with Crippen LogP contribution in [0.4, 0.5) is 0 Å². The van der Waals surface area contributed by atoms with E-state index in [1.54, 1.807) is 24.3 Å². The Balaban J connectivity index is 2.02. The summed E-state index contributed by atoms with van der Waals surface area (Å²) in [6.07, 6.45) is 1.98. The summed E-state index contributed by atoms with van der Waals surface area (Å²) < 4.78 is 35.5. The molecule has 1 aromatic rings. The normalized spacial score (nSPS) is 22.2. The van der Waals surface area contributed by atoms with Crippen molar-refractivity contribution in [2.75, 3.05) is 0 Å². The molecule has 1 aliphatic rings. The zero-order chi connectivity index (χ0) is 18.0. The number of hydrogen-bond acceptors (Lipinski definition) is 5. The highest BCUT2D eigenvalue weighted by atomic mass is 32.2. The monoisotopic (exact) mass is 354 g/mol. The molecule has 2 unspecified atom stereocenters. The second-order valence-electron chi connectivity index (χ2n) is 7.38. The first-order chi connectivity index (χ1) is 11.1. The van der Waals surface area contributed by atoms with Gasteiger partial charge in [0.05, 0.1) is 16.9 Å². The van der Waals surface area contributed by atoms with Gasteiger partial charge in [-0.3, -0.25) is 8.98 Å². The summed E-state index contributed by atoms with van der Waals surface area (Å²) in [6, 6.07) is 6.55. The molecule has 0 amide bonds. The third kappa shape index (κ3) is 5.31. The lowest BCUT2D eigenvalue weighted by Crippen LogP contribution is -2.34. The Morgan fingerprint density at radius 2 is 1.75 bits per heavy atom. The lowest BCUT2D eigenvalue weighted by atomic mass is 9.87. The highest BCUT2D eigenvalue weighted by Crippen LogP contribution is 2.30. The predicted molar refractivity (Wildman–Crippen MR) is 91.0 cm³/mol. The number of carbonyl (C=O) groups is 1. The molecule has 1 saturated carbocycles. The average Bonchev–Trinajstić information content (AvgIpc) is 2.45. The first-order valence-corrected chi connectivity index (χ1v) is 9.70. The zero-order valence-corrected chi connectivity index (χ0v) is 15.6. The van der Waals surface area contributed by atoms with Crippen molar-refractivity contribution in [2.24, 2.45) is 5.92 Å². The Morgan fingerprint density at radius 3 is 2.33 bits per heavy atom. The van der Waals surface area contributed by atoms with E-state index in [9.17, 15) is 13.2 Å². The smallest absolute Gasteiger partial charge is 0.309 e. The average molecular weight is 354 g/mol. The summed E-state index contributed by atoms with van der Waals surface area (Å²) in [6.45, 7) is 7.36. The summed E-state index contributed by atoms with van der Waals surface area (Å²) in [7, 11) is -3.81. The third-order valence-corrected chi connectivity index (χ3v) is 5.31. The van der Waals surface area contributed by atoms with E-state index in [0.717, 1.165) is 12.0 Å². The van der Waals surface area contributed by atoms with Gasteiger partial charge in [-0.05, 0) is 65.5 Å². The second kappa shape index (κ2) is 7.23.